The Morgan fingerprint density at radius 2 is 2.16 bits per heavy atom. The average molecular weight is 278 g/mol. The van der Waals surface area contributed by atoms with E-state index in [0.29, 0.717) is 15.4 Å². The number of aryl methyl sites for hydroxylation is 1. The van der Waals surface area contributed by atoms with Crippen molar-refractivity contribution < 1.29 is 9.52 Å². The monoisotopic (exact) mass is 278 g/mol. The standard InChI is InChI=1S/C12H14N4O2S/c1-2-3-4-10-14-15-12(19-10)13-11(17)9-5-7-16(18)8-6-9/h5-8H,2-4H2,1H3,(H,13,15,17). The van der Waals surface area contributed by atoms with Crippen molar-refractivity contribution in [2.75, 3.05) is 5.32 Å². The molecule has 0 aliphatic carbocycles. The van der Waals surface area contributed by atoms with E-state index < -0.39 is 0 Å². The molecule has 2 heterocycles. The second kappa shape index (κ2) is 6.24. The molecule has 0 saturated carbocycles. The Kier molecular flexibility index (Phi) is 4.40. The SMILES string of the molecule is CCCCc1nnc(NC(=O)c2cc[n+]([O-])cc2)s1. The molecule has 2 aromatic heterocycles. The maximum Gasteiger partial charge on any atom is 0.257 e. The molecule has 0 saturated heterocycles. The van der Waals surface area contributed by atoms with E-state index in [2.05, 4.69) is 22.4 Å². The highest BCUT2D eigenvalue weighted by molar-refractivity contribution is 7.15. The van der Waals surface area contributed by atoms with Crippen LogP contribution in [0.3, 0.4) is 0 Å². The third kappa shape index (κ3) is 3.72. The van der Waals surface area contributed by atoms with Crippen LogP contribution in [0.1, 0.15) is 35.1 Å². The third-order valence-electron chi connectivity index (χ3n) is 2.50. The van der Waals surface area contributed by atoms with E-state index >= 15 is 0 Å². The lowest BCUT2D eigenvalue weighted by atomic mass is 10.2. The number of nitrogens with zero attached hydrogens (tertiary/aromatic N) is 3. The van der Waals surface area contributed by atoms with E-state index in [1.54, 1.807) is 0 Å². The van der Waals surface area contributed by atoms with Gasteiger partial charge in [0.2, 0.25) is 5.13 Å². The van der Waals surface area contributed by atoms with Gasteiger partial charge in [-0.15, -0.1) is 10.2 Å². The zero-order valence-corrected chi connectivity index (χ0v) is 11.3. The second-order valence-corrected chi connectivity index (χ2v) is 5.07. The molecular weight excluding hydrogens is 264 g/mol. The number of amides is 1. The van der Waals surface area contributed by atoms with Gasteiger partial charge in [0.05, 0.1) is 5.56 Å². The zero-order chi connectivity index (χ0) is 13.7. The van der Waals surface area contributed by atoms with Crippen molar-refractivity contribution >= 4 is 22.4 Å². The van der Waals surface area contributed by atoms with Gasteiger partial charge in [-0.2, -0.15) is 4.73 Å². The second-order valence-electron chi connectivity index (χ2n) is 4.01. The first kappa shape index (κ1) is 13.4. The molecule has 0 aliphatic heterocycles. The number of nitrogens with one attached hydrogen (secondary N) is 1. The smallest absolute Gasteiger partial charge is 0.257 e. The molecule has 0 aliphatic rings. The van der Waals surface area contributed by atoms with Gasteiger partial charge in [0.15, 0.2) is 12.4 Å². The third-order valence-corrected chi connectivity index (χ3v) is 3.39. The van der Waals surface area contributed by atoms with Gasteiger partial charge in [0.1, 0.15) is 5.01 Å². The Morgan fingerprint density at radius 3 is 2.84 bits per heavy atom. The Balaban J connectivity index is 1.98. The van der Waals surface area contributed by atoms with Crippen molar-refractivity contribution in [3.8, 4) is 0 Å². The summed E-state index contributed by atoms with van der Waals surface area (Å²) in [6.07, 6.45) is 5.60. The first-order valence-electron chi connectivity index (χ1n) is 6.01. The maximum absolute atomic E-state index is 11.9. The Labute approximate surface area is 114 Å². The lowest BCUT2D eigenvalue weighted by molar-refractivity contribution is -0.605. The summed E-state index contributed by atoms with van der Waals surface area (Å²) in [5, 5.41) is 22.9. The van der Waals surface area contributed by atoms with Crippen LogP contribution in [0.25, 0.3) is 0 Å². The molecule has 0 atom stereocenters. The Morgan fingerprint density at radius 1 is 1.42 bits per heavy atom. The van der Waals surface area contributed by atoms with Gasteiger partial charge in [0.25, 0.3) is 5.91 Å². The largest absolute Gasteiger partial charge is 0.619 e. The van der Waals surface area contributed by atoms with Crippen LogP contribution in [0.5, 0.6) is 0 Å². The van der Waals surface area contributed by atoms with Crippen LogP contribution >= 0.6 is 11.3 Å². The number of carbonyl (C=O) groups excluding carboxylic acids is 1. The quantitative estimate of drug-likeness (QED) is 0.667. The molecule has 1 N–H and O–H groups in total. The normalized spacial score (nSPS) is 10.4. The molecule has 19 heavy (non-hydrogen) atoms. The predicted octanol–water partition coefficient (Wildman–Crippen LogP) is 1.77. The van der Waals surface area contributed by atoms with E-state index in [1.165, 1.54) is 35.9 Å². The lowest BCUT2D eigenvalue weighted by Gasteiger charge is -2.00. The molecule has 2 rings (SSSR count). The molecule has 0 aromatic carbocycles. The fraction of sp³-hybridized carbons (Fsp3) is 0.333. The molecule has 0 fully saturated rings. The van der Waals surface area contributed by atoms with Gasteiger partial charge in [-0.3, -0.25) is 10.1 Å². The number of pyridine rings is 1. The average Bonchev–Trinajstić information content (AvgIpc) is 2.84. The van der Waals surface area contributed by atoms with Gasteiger partial charge in [-0.25, -0.2) is 0 Å². The van der Waals surface area contributed by atoms with Crippen molar-refractivity contribution in [2.24, 2.45) is 0 Å². The van der Waals surface area contributed by atoms with Crippen LogP contribution in [0, 0.1) is 5.21 Å². The van der Waals surface area contributed by atoms with Crippen molar-refractivity contribution in [3.63, 3.8) is 0 Å². The number of anilines is 1. The molecule has 0 unspecified atom stereocenters. The van der Waals surface area contributed by atoms with E-state index in [9.17, 15) is 10.0 Å². The highest BCUT2D eigenvalue weighted by Crippen LogP contribution is 2.17. The van der Waals surface area contributed by atoms with Gasteiger partial charge < -0.3 is 5.21 Å². The van der Waals surface area contributed by atoms with Crippen LogP contribution in [-0.2, 0) is 6.42 Å². The van der Waals surface area contributed by atoms with Gasteiger partial charge in [-0.1, -0.05) is 24.7 Å². The highest BCUT2D eigenvalue weighted by Gasteiger charge is 2.10. The lowest BCUT2D eigenvalue weighted by Crippen LogP contribution is -2.25. The van der Waals surface area contributed by atoms with E-state index in [0.717, 1.165) is 24.3 Å². The van der Waals surface area contributed by atoms with Crippen LogP contribution in [0.2, 0.25) is 0 Å². The topological polar surface area (TPSA) is 81.8 Å². The zero-order valence-electron chi connectivity index (χ0n) is 10.5. The van der Waals surface area contributed by atoms with Crippen molar-refractivity contribution in [1.82, 2.24) is 10.2 Å². The minimum absolute atomic E-state index is 0.293. The van der Waals surface area contributed by atoms with Crippen LogP contribution in [0.4, 0.5) is 5.13 Å². The first-order valence-corrected chi connectivity index (χ1v) is 6.83. The molecular formula is C12H14N4O2S. The summed E-state index contributed by atoms with van der Waals surface area (Å²) in [6.45, 7) is 2.11. The van der Waals surface area contributed by atoms with E-state index in [1.807, 2.05) is 0 Å². The summed E-state index contributed by atoms with van der Waals surface area (Å²) in [4.78, 5) is 11.9. The maximum atomic E-state index is 11.9. The minimum atomic E-state index is -0.293. The Hall–Kier alpha value is -2.02. The van der Waals surface area contributed by atoms with Gasteiger partial charge in [0, 0.05) is 18.6 Å². The number of carbonyl (C=O) groups is 1. The highest BCUT2D eigenvalue weighted by atomic mass is 32.1. The van der Waals surface area contributed by atoms with Crippen molar-refractivity contribution in [1.29, 1.82) is 0 Å². The van der Waals surface area contributed by atoms with Crippen LogP contribution in [-0.4, -0.2) is 16.1 Å². The van der Waals surface area contributed by atoms with Gasteiger partial charge >= 0.3 is 0 Å². The molecule has 2 aromatic rings. The number of hydrogen-bond acceptors (Lipinski definition) is 5. The fourth-order valence-electron chi connectivity index (χ4n) is 1.47. The predicted molar refractivity (Wildman–Crippen MR) is 71.9 cm³/mol. The number of unbranched alkanes of at least 4 members (excludes halogenated alkanes) is 1. The minimum Gasteiger partial charge on any atom is -0.619 e. The van der Waals surface area contributed by atoms with E-state index in [-0.39, 0.29) is 5.91 Å². The molecule has 7 heteroatoms. The van der Waals surface area contributed by atoms with Gasteiger partial charge in [-0.05, 0) is 6.42 Å². The van der Waals surface area contributed by atoms with Crippen LogP contribution in [0.15, 0.2) is 24.5 Å². The Bertz CT molecular complexity index is 553. The van der Waals surface area contributed by atoms with Crippen molar-refractivity contribution in [3.05, 3.63) is 40.3 Å². The number of rotatable bonds is 5. The summed E-state index contributed by atoms with van der Waals surface area (Å²) in [5.74, 6) is -0.293. The summed E-state index contributed by atoms with van der Waals surface area (Å²) >= 11 is 1.38. The van der Waals surface area contributed by atoms with Crippen LogP contribution < -0.4 is 10.0 Å². The molecule has 0 bridgehead atoms. The molecule has 1 amide bonds. The molecule has 100 valence electrons. The molecule has 0 spiro atoms. The fourth-order valence-corrected chi connectivity index (χ4v) is 2.24. The summed E-state index contributed by atoms with van der Waals surface area (Å²) < 4.78 is 0.630. The summed E-state index contributed by atoms with van der Waals surface area (Å²) in [5.41, 5.74) is 0.414. The number of aromatic nitrogens is 3. The van der Waals surface area contributed by atoms with E-state index in [4.69, 9.17) is 0 Å². The molecule has 0 radical (unpaired) electrons. The molecule has 6 nitrogen and oxygen atoms in total. The number of hydrogen-bond donors (Lipinski definition) is 1. The first-order chi connectivity index (χ1) is 9.19. The summed E-state index contributed by atoms with van der Waals surface area (Å²) in [6, 6.07) is 2.92. The summed E-state index contributed by atoms with van der Waals surface area (Å²) in [7, 11) is 0. The van der Waals surface area contributed by atoms with Crippen molar-refractivity contribution in [2.45, 2.75) is 26.2 Å².